The van der Waals surface area contributed by atoms with Crippen molar-refractivity contribution in [1.82, 2.24) is 0 Å². The Morgan fingerprint density at radius 3 is 2.81 bits per heavy atom. The highest BCUT2D eigenvalue weighted by Crippen LogP contribution is 2.40. The highest BCUT2D eigenvalue weighted by molar-refractivity contribution is 6.08. The Balaban J connectivity index is 2.01. The topological polar surface area (TPSA) is 66.8 Å². The number of carboxylic acid groups (broad SMARTS) is 1. The van der Waals surface area contributed by atoms with Crippen LogP contribution in [0.3, 0.4) is 0 Å². The number of hydrogen-bond acceptors (Lipinski definition) is 3. The van der Waals surface area contributed by atoms with Crippen LogP contribution in [0.1, 0.15) is 12.8 Å². The van der Waals surface area contributed by atoms with E-state index in [1.165, 1.54) is 0 Å². The molecule has 21 heavy (non-hydrogen) atoms. The average Bonchev–Trinajstić information content (AvgIpc) is 2.48. The highest BCUT2D eigenvalue weighted by Gasteiger charge is 2.33. The van der Waals surface area contributed by atoms with E-state index in [0.717, 1.165) is 16.5 Å². The molecule has 0 saturated carbocycles. The third-order valence-electron chi connectivity index (χ3n) is 3.69. The summed E-state index contributed by atoms with van der Waals surface area (Å²) < 4.78 is 5.72. The first kappa shape index (κ1) is 13.4. The molecular formula is C16H15NO4. The fourth-order valence-electron chi connectivity index (χ4n) is 2.64. The number of carbonyl (C=O) groups is 2. The van der Waals surface area contributed by atoms with Crippen LogP contribution in [0.5, 0.6) is 5.75 Å². The first-order valence-corrected chi connectivity index (χ1v) is 6.75. The Labute approximate surface area is 121 Å². The number of benzene rings is 2. The summed E-state index contributed by atoms with van der Waals surface area (Å²) in [7, 11) is 1.70. The van der Waals surface area contributed by atoms with E-state index in [1.807, 2.05) is 36.4 Å². The molecule has 1 amide bonds. The van der Waals surface area contributed by atoms with E-state index in [4.69, 9.17) is 9.84 Å². The van der Waals surface area contributed by atoms with Gasteiger partial charge in [-0.25, -0.2) is 0 Å². The summed E-state index contributed by atoms with van der Waals surface area (Å²) in [5, 5.41) is 10.7. The van der Waals surface area contributed by atoms with Gasteiger partial charge in [-0.1, -0.05) is 30.3 Å². The van der Waals surface area contributed by atoms with Gasteiger partial charge in [0.25, 0.3) is 5.91 Å². The third-order valence-corrected chi connectivity index (χ3v) is 3.69. The van der Waals surface area contributed by atoms with E-state index in [-0.39, 0.29) is 18.7 Å². The first-order chi connectivity index (χ1) is 10.1. The van der Waals surface area contributed by atoms with Crippen molar-refractivity contribution in [3.8, 4) is 5.75 Å². The number of hydrogen-bond donors (Lipinski definition) is 1. The van der Waals surface area contributed by atoms with E-state index >= 15 is 0 Å². The molecule has 0 saturated heterocycles. The fourth-order valence-corrected chi connectivity index (χ4v) is 2.64. The smallest absolute Gasteiger partial charge is 0.303 e. The van der Waals surface area contributed by atoms with Crippen molar-refractivity contribution in [2.45, 2.75) is 18.9 Å². The van der Waals surface area contributed by atoms with Gasteiger partial charge in [-0.2, -0.15) is 0 Å². The minimum atomic E-state index is -0.932. The van der Waals surface area contributed by atoms with Crippen molar-refractivity contribution in [2.75, 3.05) is 11.9 Å². The lowest BCUT2D eigenvalue weighted by Gasteiger charge is -2.32. The molecule has 2 aromatic rings. The molecule has 0 aliphatic carbocycles. The van der Waals surface area contributed by atoms with Gasteiger partial charge in [-0.05, 0) is 11.5 Å². The zero-order chi connectivity index (χ0) is 15.0. The van der Waals surface area contributed by atoms with Crippen molar-refractivity contribution >= 4 is 28.3 Å². The van der Waals surface area contributed by atoms with Crippen molar-refractivity contribution in [2.24, 2.45) is 0 Å². The van der Waals surface area contributed by atoms with Gasteiger partial charge in [0, 0.05) is 25.3 Å². The van der Waals surface area contributed by atoms with Gasteiger partial charge in [0.05, 0.1) is 5.69 Å². The minimum Gasteiger partial charge on any atom is -0.481 e. The molecule has 0 radical (unpaired) electrons. The van der Waals surface area contributed by atoms with Gasteiger partial charge in [0.15, 0.2) is 6.10 Å². The zero-order valence-corrected chi connectivity index (χ0v) is 11.6. The molecule has 2 aromatic carbocycles. The second-order valence-corrected chi connectivity index (χ2v) is 5.07. The van der Waals surface area contributed by atoms with Crippen LogP contribution < -0.4 is 9.64 Å². The van der Waals surface area contributed by atoms with E-state index < -0.39 is 12.1 Å². The van der Waals surface area contributed by atoms with Crippen molar-refractivity contribution in [1.29, 1.82) is 0 Å². The van der Waals surface area contributed by atoms with Gasteiger partial charge in [0.1, 0.15) is 5.75 Å². The standard InChI is InChI=1S/C16H15NO4/c1-17-15-11-5-3-2-4-10(11)6-7-12(15)21-13(16(17)20)8-9-14(18)19/h2-7,13H,8-9H2,1H3,(H,18,19). The predicted octanol–water partition coefficient (Wildman–Crippen LogP) is 2.43. The molecule has 108 valence electrons. The Morgan fingerprint density at radius 1 is 1.29 bits per heavy atom. The van der Waals surface area contributed by atoms with Gasteiger partial charge in [-0.3, -0.25) is 9.59 Å². The lowest BCUT2D eigenvalue weighted by atomic mass is 10.0. The van der Waals surface area contributed by atoms with Crippen molar-refractivity contribution in [3.63, 3.8) is 0 Å². The van der Waals surface area contributed by atoms with Crippen LogP contribution in [0.15, 0.2) is 36.4 Å². The summed E-state index contributed by atoms with van der Waals surface area (Å²) in [6.07, 6.45) is -0.655. The van der Waals surface area contributed by atoms with E-state index in [2.05, 4.69) is 0 Å². The van der Waals surface area contributed by atoms with Crippen LogP contribution in [0, 0.1) is 0 Å². The van der Waals surface area contributed by atoms with E-state index in [1.54, 1.807) is 11.9 Å². The molecular weight excluding hydrogens is 270 g/mol. The summed E-state index contributed by atoms with van der Waals surface area (Å²) in [6, 6.07) is 11.5. The Kier molecular flexibility index (Phi) is 3.25. The normalized spacial score (nSPS) is 17.5. The molecule has 5 heteroatoms. The van der Waals surface area contributed by atoms with E-state index in [0.29, 0.717) is 5.75 Å². The summed E-state index contributed by atoms with van der Waals surface area (Å²) in [6.45, 7) is 0. The largest absolute Gasteiger partial charge is 0.481 e. The van der Waals surface area contributed by atoms with Crippen LogP contribution in [-0.2, 0) is 9.59 Å². The lowest BCUT2D eigenvalue weighted by molar-refractivity contribution is -0.138. The van der Waals surface area contributed by atoms with Gasteiger partial charge in [-0.15, -0.1) is 0 Å². The highest BCUT2D eigenvalue weighted by atomic mass is 16.5. The maximum Gasteiger partial charge on any atom is 0.303 e. The number of carboxylic acids is 1. The minimum absolute atomic E-state index is 0.0901. The number of nitrogens with zero attached hydrogens (tertiary/aromatic N) is 1. The van der Waals surface area contributed by atoms with Crippen LogP contribution in [0.4, 0.5) is 5.69 Å². The Bertz CT molecular complexity index is 725. The molecule has 3 rings (SSSR count). The number of amides is 1. The number of carbonyl (C=O) groups excluding carboxylic acids is 1. The molecule has 0 bridgehead atoms. The monoisotopic (exact) mass is 285 g/mol. The van der Waals surface area contributed by atoms with Gasteiger partial charge in [0.2, 0.25) is 0 Å². The number of fused-ring (bicyclic) bond motifs is 3. The maximum absolute atomic E-state index is 12.4. The molecule has 1 unspecified atom stereocenters. The zero-order valence-electron chi connectivity index (χ0n) is 11.6. The molecule has 0 fully saturated rings. The van der Waals surface area contributed by atoms with Crippen molar-refractivity contribution in [3.05, 3.63) is 36.4 Å². The van der Waals surface area contributed by atoms with Crippen LogP contribution in [0.25, 0.3) is 10.8 Å². The summed E-state index contributed by atoms with van der Waals surface area (Å²) in [5.41, 5.74) is 0.740. The van der Waals surface area contributed by atoms with Gasteiger partial charge >= 0.3 is 5.97 Å². The second-order valence-electron chi connectivity index (χ2n) is 5.07. The van der Waals surface area contributed by atoms with E-state index in [9.17, 15) is 9.59 Å². The molecule has 1 N–H and O–H groups in total. The molecule has 5 nitrogen and oxygen atoms in total. The SMILES string of the molecule is CN1C(=O)C(CCC(=O)O)Oc2ccc3ccccc3c21. The molecule has 1 aliphatic heterocycles. The maximum atomic E-state index is 12.4. The molecule has 1 aliphatic rings. The summed E-state index contributed by atoms with van der Waals surface area (Å²) in [5.74, 6) is -0.523. The quantitative estimate of drug-likeness (QED) is 0.940. The second kappa shape index (κ2) is 5.09. The first-order valence-electron chi connectivity index (χ1n) is 6.75. The fraction of sp³-hybridized carbons (Fsp3) is 0.250. The number of anilines is 1. The third kappa shape index (κ3) is 2.31. The number of rotatable bonds is 3. The number of aliphatic carboxylic acids is 1. The van der Waals surface area contributed by atoms with Crippen LogP contribution >= 0.6 is 0 Å². The van der Waals surface area contributed by atoms with Crippen LogP contribution in [-0.4, -0.2) is 30.1 Å². The van der Waals surface area contributed by atoms with Crippen LogP contribution in [0.2, 0.25) is 0 Å². The number of ether oxygens (including phenoxy) is 1. The Hall–Kier alpha value is -2.56. The average molecular weight is 285 g/mol. The molecule has 1 heterocycles. The van der Waals surface area contributed by atoms with Crippen molar-refractivity contribution < 1.29 is 19.4 Å². The molecule has 0 aromatic heterocycles. The summed E-state index contributed by atoms with van der Waals surface area (Å²) in [4.78, 5) is 24.6. The summed E-state index contributed by atoms with van der Waals surface area (Å²) >= 11 is 0. The molecule has 1 atom stereocenters. The Morgan fingerprint density at radius 2 is 2.05 bits per heavy atom. The molecule has 0 spiro atoms. The number of likely N-dealkylation sites (N-methyl/N-ethyl adjacent to an activating group) is 1. The lowest BCUT2D eigenvalue weighted by Crippen LogP contribution is -2.44. The predicted molar refractivity (Wildman–Crippen MR) is 78.6 cm³/mol. The van der Waals surface area contributed by atoms with Gasteiger partial charge < -0.3 is 14.7 Å².